The predicted octanol–water partition coefficient (Wildman–Crippen LogP) is 1.93. The van der Waals surface area contributed by atoms with Gasteiger partial charge in [0.05, 0.1) is 32.9 Å². The summed E-state index contributed by atoms with van der Waals surface area (Å²) in [6, 6.07) is 3.51. The Hall–Kier alpha value is -1.95. The maximum Gasteiger partial charge on any atom is 0.322 e. The van der Waals surface area contributed by atoms with Crippen LogP contribution in [0.1, 0.15) is 12.8 Å². The molecule has 146 valence electrons. The first-order valence-electron chi connectivity index (χ1n) is 7.68. The van der Waals surface area contributed by atoms with Crippen molar-refractivity contribution < 1.29 is 18.3 Å². The SMILES string of the molecule is Cl.NC(=NBr)Nc1cncc2cc(S(=O)(=O)N3CCC[C@@H]3C(=O)O)ccc12. The number of benzene rings is 1. The van der Waals surface area contributed by atoms with E-state index in [1.165, 1.54) is 18.3 Å². The molecule has 2 heterocycles. The lowest BCUT2D eigenvalue weighted by atomic mass is 10.1. The molecule has 1 aromatic carbocycles. The molecule has 27 heavy (non-hydrogen) atoms. The number of hydrogen-bond donors (Lipinski definition) is 3. The molecule has 3 rings (SSSR count). The normalized spacial score (nSPS) is 18.3. The summed E-state index contributed by atoms with van der Waals surface area (Å²) in [5, 5.41) is 13.4. The van der Waals surface area contributed by atoms with Gasteiger partial charge in [0, 0.05) is 23.5 Å². The molecule has 1 aromatic heterocycles. The van der Waals surface area contributed by atoms with Gasteiger partial charge in [0.25, 0.3) is 0 Å². The van der Waals surface area contributed by atoms with Crippen molar-refractivity contribution in [1.82, 2.24) is 9.29 Å². The van der Waals surface area contributed by atoms with Crippen molar-refractivity contribution in [3.8, 4) is 0 Å². The number of sulfonamides is 1. The van der Waals surface area contributed by atoms with Crippen LogP contribution < -0.4 is 11.1 Å². The highest BCUT2D eigenvalue weighted by molar-refractivity contribution is 9.08. The van der Waals surface area contributed by atoms with Crippen molar-refractivity contribution >= 4 is 67.0 Å². The first-order valence-corrected chi connectivity index (χ1v) is 9.83. The highest BCUT2D eigenvalue weighted by Gasteiger charge is 2.39. The van der Waals surface area contributed by atoms with Gasteiger partial charge in [0.2, 0.25) is 16.0 Å². The number of anilines is 1. The average Bonchev–Trinajstić information content (AvgIpc) is 3.12. The molecule has 12 heteroatoms. The number of halogens is 2. The number of carboxylic acid groups (broad SMARTS) is 1. The Balaban J connectivity index is 0.00000261. The maximum atomic E-state index is 12.9. The summed E-state index contributed by atoms with van der Waals surface area (Å²) in [5.41, 5.74) is 6.19. The number of fused-ring (bicyclic) bond motifs is 1. The molecular weight excluding hydrogens is 462 g/mol. The zero-order chi connectivity index (χ0) is 18.9. The van der Waals surface area contributed by atoms with Crippen LogP contribution in [0.3, 0.4) is 0 Å². The smallest absolute Gasteiger partial charge is 0.322 e. The van der Waals surface area contributed by atoms with E-state index in [0.29, 0.717) is 29.3 Å². The van der Waals surface area contributed by atoms with Crippen LogP contribution in [0.15, 0.2) is 39.5 Å². The van der Waals surface area contributed by atoms with Crippen molar-refractivity contribution in [3.05, 3.63) is 30.6 Å². The van der Waals surface area contributed by atoms with Gasteiger partial charge in [0.1, 0.15) is 6.04 Å². The fourth-order valence-corrected chi connectivity index (χ4v) is 4.76. The molecule has 0 radical (unpaired) electrons. The minimum absolute atomic E-state index is 0. The van der Waals surface area contributed by atoms with Crippen molar-refractivity contribution in [3.63, 3.8) is 0 Å². The standard InChI is InChI=1S/C15H16BrN5O4S.ClH/c16-20-15(17)19-12-8-18-7-9-6-10(3-4-11(9)12)26(24,25)21-5-1-2-13(21)14(22)23;/h3-4,6-8,13H,1-2,5H2,(H,22,23)(H3,17,19,20);1H/t13-;/m1./s1. The molecule has 1 saturated heterocycles. The Bertz CT molecular complexity index is 1000. The number of guanidine groups is 1. The second-order valence-electron chi connectivity index (χ2n) is 5.78. The van der Waals surface area contributed by atoms with Crippen LogP contribution in [-0.2, 0) is 14.8 Å². The molecule has 4 N–H and O–H groups in total. The van der Waals surface area contributed by atoms with Gasteiger partial charge in [-0.3, -0.25) is 9.78 Å². The van der Waals surface area contributed by atoms with Crippen molar-refractivity contribution in [2.45, 2.75) is 23.8 Å². The van der Waals surface area contributed by atoms with E-state index in [9.17, 15) is 18.3 Å². The highest BCUT2D eigenvalue weighted by Crippen LogP contribution is 2.30. The Labute approximate surface area is 170 Å². The fraction of sp³-hybridized carbons (Fsp3) is 0.267. The van der Waals surface area contributed by atoms with E-state index in [1.807, 2.05) is 0 Å². The van der Waals surface area contributed by atoms with Gasteiger partial charge in [-0.2, -0.15) is 8.32 Å². The monoisotopic (exact) mass is 477 g/mol. The second-order valence-corrected chi connectivity index (χ2v) is 8.02. The molecule has 0 aliphatic carbocycles. The zero-order valence-electron chi connectivity index (χ0n) is 13.9. The first kappa shape index (κ1) is 21.4. The van der Waals surface area contributed by atoms with E-state index in [4.69, 9.17) is 5.73 Å². The number of pyridine rings is 1. The molecular formula is C15H17BrClN5O4S. The lowest BCUT2D eigenvalue weighted by Gasteiger charge is -2.21. The summed E-state index contributed by atoms with van der Waals surface area (Å²) < 4.78 is 30.4. The third-order valence-corrected chi connectivity index (χ3v) is 6.47. The van der Waals surface area contributed by atoms with Crippen LogP contribution in [0.4, 0.5) is 5.69 Å². The Morgan fingerprint density at radius 3 is 2.81 bits per heavy atom. The number of aromatic nitrogens is 1. The summed E-state index contributed by atoms with van der Waals surface area (Å²) in [7, 11) is -3.92. The number of nitrogens with one attached hydrogen (secondary N) is 1. The summed E-state index contributed by atoms with van der Waals surface area (Å²) >= 11 is 2.88. The predicted molar refractivity (Wildman–Crippen MR) is 108 cm³/mol. The number of nitrogens with two attached hydrogens (primary N) is 1. The maximum absolute atomic E-state index is 12.9. The lowest BCUT2D eigenvalue weighted by molar-refractivity contribution is -0.140. The summed E-state index contributed by atoms with van der Waals surface area (Å²) in [6.07, 6.45) is 3.90. The number of nitrogens with zero attached hydrogens (tertiary/aromatic N) is 3. The fourth-order valence-electron chi connectivity index (χ4n) is 2.98. The highest BCUT2D eigenvalue weighted by atomic mass is 79.9. The number of carboxylic acids is 1. The quantitative estimate of drug-likeness (QED) is 0.451. The van der Waals surface area contributed by atoms with Gasteiger partial charge in [-0.1, -0.05) is 6.07 Å². The van der Waals surface area contributed by atoms with Crippen LogP contribution >= 0.6 is 28.6 Å². The molecule has 0 unspecified atom stereocenters. The van der Waals surface area contributed by atoms with E-state index in [-0.39, 0.29) is 29.8 Å². The van der Waals surface area contributed by atoms with Crippen molar-refractivity contribution in [1.29, 1.82) is 0 Å². The Morgan fingerprint density at radius 2 is 2.15 bits per heavy atom. The zero-order valence-corrected chi connectivity index (χ0v) is 17.1. The molecule has 1 aliphatic rings. The van der Waals surface area contributed by atoms with Crippen LogP contribution in [0.5, 0.6) is 0 Å². The average molecular weight is 479 g/mol. The number of aliphatic carboxylic acids is 1. The molecule has 1 aliphatic heterocycles. The number of hydrogen-bond acceptors (Lipinski definition) is 5. The minimum atomic E-state index is -3.92. The largest absolute Gasteiger partial charge is 0.480 e. The van der Waals surface area contributed by atoms with E-state index in [2.05, 4.69) is 30.5 Å². The van der Waals surface area contributed by atoms with E-state index >= 15 is 0 Å². The lowest BCUT2D eigenvalue weighted by Crippen LogP contribution is -2.40. The second kappa shape index (κ2) is 8.38. The van der Waals surface area contributed by atoms with Gasteiger partial charge < -0.3 is 16.2 Å². The minimum Gasteiger partial charge on any atom is -0.480 e. The third kappa shape index (κ3) is 4.15. The van der Waals surface area contributed by atoms with Gasteiger partial charge in [-0.05, 0) is 25.0 Å². The molecule has 9 nitrogen and oxygen atoms in total. The molecule has 0 spiro atoms. The van der Waals surface area contributed by atoms with Crippen molar-refractivity contribution in [2.24, 2.45) is 9.75 Å². The molecule has 0 saturated carbocycles. The van der Waals surface area contributed by atoms with E-state index in [0.717, 1.165) is 4.31 Å². The van der Waals surface area contributed by atoms with Gasteiger partial charge in [-0.15, -0.1) is 12.4 Å². The van der Waals surface area contributed by atoms with E-state index < -0.39 is 22.0 Å². The molecule has 1 fully saturated rings. The summed E-state index contributed by atoms with van der Waals surface area (Å²) in [5.74, 6) is -1.01. The van der Waals surface area contributed by atoms with Crippen LogP contribution in [0, 0.1) is 0 Å². The van der Waals surface area contributed by atoms with Crippen LogP contribution in [0.2, 0.25) is 0 Å². The van der Waals surface area contributed by atoms with Crippen molar-refractivity contribution in [2.75, 3.05) is 11.9 Å². The van der Waals surface area contributed by atoms with Crippen LogP contribution in [-0.4, -0.2) is 47.3 Å². The molecule has 1 atom stereocenters. The van der Waals surface area contributed by atoms with Gasteiger partial charge >= 0.3 is 5.97 Å². The summed E-state index contributed by atoms with van der Waals surface area (Å²) in [6.45, 7) is 0.190. The molecule has 0 bridgehead atoms. The Morgan fingerprint density at radius 1 is 1.41 bits per heavy atom. The van der Waals surface area contributed by atoms with Gasteiger partial charge in [-0.25, -0.2) is 8.42 Å². The molecule has 2 aromatic rings. The topological polar surface area (TPSA) is 138 Å². The number of rotatable bonds is 4. The summed E-state index contributed by atoms with van der Waals surface area (Å²) in [4.78, 5) is 15.4. The first-order chi connectivity index (χ1) is 12.3. The third-order valence-electron chi connectivity index (χ3n) is 4.18. The van der Waals surface area contributed by atoms with Crippen LogP contribution in [0.25, 0.3) is 10.8 Å². The van der Waals surface area contributed by atoms with E-state index in [1.54, 1.807) is 12.3 Å². The van der Waals surface area contributed by atoms with Gasteiger partial charge in [0.15, 0.2) is 0 Å². The number of carbonyl (C=O) groups is 1. The Kier molecular flexibility index (Phi) is 6.63. The molecule has 0 amide bonds.